The van der Waals surface area contributed by atoms with Gasteiger partial charge in [0.1, 0.15) is 0 Å². The second kappa shape index (κ2) is 7.46. The zero-order chi connectivity index (χ0) is 17.9. The first-order chi connectivity index (χ1) is 12.1. The number of para-hydroxylation sites is 1. The first kappa shape index (κ1) is 17.8. The molecule has 2 unspecified atom stereocenters. The van der Waals surface area contributed by atoms with Crippen molar-refractivity contribution >= 4 is 17.6 Å². The Labute approximate surface area is 150 Å². The minimum atomic E-state index is -0.0812. The Kier molecular flexibility index (Phi) is 5.30. The van der Waals surface area contributed by atoms with Crippen molar-refractivity contribution in [2.75, 3.05) is 31.5 Å². The van der Waals surface area contributed by atoms with Gasteiger partial charge in [-0.3, -0.25) is 9.79 Å². The fourth-order valence-electron chi connectivity index (χ4n) is 3.78. The summed E-state index contributed by atoms with van der Waals surface area (Å²) < 4.78 is 0. The van der Waals surface area contributed by atoms with Crippen LogP contribution in [0.15, 0.2) is 29.3 Å². The molecule has 1 aromatic carbocycles. The van der Waals surface area contributed by atoms with Crippen LogP contribution in [0.1, 0.15) is 51.5 Å². The van der Waals surface area contributed by atoms with Gasteiger partial charge in [-0.25, -0.2) is 0 Å². The molecule has 25 heavy (non-hydrogen) atoms. The monoisotopic (exact) mass is 342 g/mol. The van der Waals surface area contributed by atoms with Crippen LogP contribution in [0.2, 0.25) is 0 Å². The number of aliphatic imine (C=N–C) groups is 1. The lowest BCUT2D eigenvalue weighted by atomic mass is 9.87. The molecule has 1 amide bonds. The van der Waals surface area contributed by atoms with Gasteiger partial charge in [-0.15, -0.1) is 0 Å². The van der Waals surface area contributed by atoms with E-state index in [-0.39, 0.29) is 11.8 Å². The largest absolute Gasteiger partial charge is 0.357 e. The normalized spacial score (nSPS) is 25.9. The Balaban J connectivity index is 1.64. The summed E-state index contributed by atoms with van der Waals surface area (Å²) in [5, 5.41) is 6.39. The van der Waals surface area contributed by atoms with Gasteiger partial charge >= 0.3 is 0 Å². The van der Waals surface area contributed by atoms with Crippen molar-refractivity contribution in [1.29, 1.82) is 0 Å². The van der Waals surface area contributed by atoms with E-state index >= 15 is 0 Å². The Bertz CT molecular complexity index is 657. The molecule has 2 N–H and O–H groups in total. The lowest BCUT2D eigenvalue weighted by molar-refractivity contribution is -0.117. The molecule has 0 saturated carbocycles. The summed E-state index contributed by atoms with van der Waals surface area (Å²) in [5.74, 6) is 1.01. The van der Waals surface area contributed by atoms with E-state index in [9.17, 15) is 4.79 Å². The maximum Gasteiger partial charge on any atom is 0.232 e. The van der Waals surface area contributed by atoms with E-state index in [1.165, 1.54) is 12.8 Å². The zero-order valence-electron chi connectivity index (χ0n) is 15.6. The molecule has 3 rings (SSSR count). The number of benzene rings is 1. The number of carbonyl (C=O) groups is 1. The number of rotatable bonds is 5. The number of nitrogens with zero attached hydrogens (tertiary/aromatic N) is 2. The van der Waals surface area contributed by atoms with Crippen molar-refractivity contribution in [3.8, 4) is 0 Å². The van der Waals surface area contributed by atoms with Crippen LogP contribution in [-0.4, -0.2) is 42.9 Å². The van der Waals surface area contributed by atoms with Crippen LogP contribution in [0.3, 0.4) is 0 Å². The smallest absolute Gasteiger partial charge is 0.232 e. The Morgan fingerprint density at radius 2 is 2.20 bits per heavy atom. The van der Waals surface area contributed by atoms with Gasteiger partial charge in [0, 0.05) is 31.9 Å². The van der Waals surface area contributed by atoms with Crippen molar-refractivity contribution in [1.82, 2.24) is 10.2 Å². The van der Waals surface area contributed by atoms with Crippen LogP contribution < -0.4 is 10.6 Å². The summed E-state index contributed by atoms with van der Waals surface area (Å²) in [4.78, 5) is 19.4. The van der Waals surface area contributed by atoms with Gasteiger partial charge in [0.2, 0.25) is 5.91 Å². The Morgan fingerprint density at radius 1 is 1.40 bits per heavy atom. The molecule has 2 aliphatic heterocycles. The molecule has 1 fully saturated rings. The molecule has 136 valence electrons. The summed E-state index contributed by atoms with van der Waals surface area (Å²) in [5.41, 5.74) is 2.44. The second-order valence-electron chi connectivity index (χ2n) is 7.49. The second-order valence-corrected chi connectivity index (χ2v) is 7.49. The summed E-state index contributed by atoms with van der Waals surface area (Å²) >= 11 is 0. The van der Waals surface area contributed by atoms with Crippen molar-refractivity contribution < 1.29 is 4.79 Å². The molecule has 0 bridgehead atoms. The predicted molar refractivity (Wildman–Crippen MR) is 103 cm³/mol. The molecule has 2 heterocycles. The number of nitrogens with one attached hydrogen (secondary N) is 2. The summed E-state index contributed by atoms with van der Waals surface area (Å²) in [6.45, 7) is 10.4. The number of fused-ring (bicyclic) bond motifs is 1. The highest BCUT2D eigenvalue weighted by molar-refractivity contribution is 6.02. The van der Waals surface area contributed by atoms with Gasteiger partial charge in [0.05, 0.1) is 5.92 Å². The molecule has 5 nitrogen and oxygen atoms in total. The van der Waals surface area contributed by atoms with E-state index in [1.807, 2.05) is 24.3 Å². The lowest BCUT2D eigenvalue weighted by Crippen LogP contribution is -2.41. The summed E-state index contributed by atoms with van der Waals surface area (Å²) in [6.07, 6.45) is 3.16. The van der Waals surface area contributed by atoms with E-state index in [1.54, 1.807) is 0 Å². The first-order valence-electron chi connectivity index (χ1n) is 9.49. The van der Waals surface area contributed by atoms with Gasteiger partial charge in [-0.1, -0.05) is 32.0 Å². The maximum absolute atomic E-state index is 12.2. The SMILES string of the molecule is CCNC(=NCCC1C(=O)Nc2ccccc21)N1CCC(C)(CC)C1. The van der Waals surface area contributed by atoms with Crippen LogP contribution in [0.4, 0.5) is 5.69 Å². The Hall–Kier alpha value is -2.04. The molecular weight excluding hydrogens is 312 g/mol. The topological polar surface area (TPSA) is 56.7 Å². The number of guanidine groups is 1. The first-order valence-corrected chi connectivity index (χ1v) is 9.49. The molecule has 0 aromatic heterocycles. The van der Waals surface area contributed by atoms with Crippen molar-refractivity contribution in [2.24, 2.45) is 10.4 Å². The predicted octanol–water partition coefficient (Wildman–Crippen LogP) is 3.20. The van der Waals surface area contributed by atoms with E-state index in [4.69, 9.17) is 4.99 Å². The fourth-order valence-corrected chi connectivity index (χ4v) is 3.78. The van der Waals surface area contributed by atoms with Gasteiger partial charge in [-0.05, 0) is 43.2 Å². The van der Waals surface area contributed by atoms with Crippen LogP contribution in [0.5, 0.6) is 0 Å². The van der Waals surface area contributed by atoms with E-state index < -0.39 is 0 Å². The summed E-state index contributed by atoms with van der Waals surface area (Å²) in [7, 11) is 0. The zero-order valence-corrected chi connectivity index (χ0v) is 15.6. The lowest BCUT2D eigenvalue weighted by Gasteiger charge is -2.25. The van der Waals surface area contributed by atoms with E-state index in [2.05, 4.69) is 36.3 Å². The molecule has 0 aliphatic carbocycles. The van der Waals surface area contributed by atoms with Crippen molar-refractivity contribution in [3.63, 3.8) is 0 Å². The minimum absolute atomic E-state index is 0.0812. The fraction of sp³-hybridized carbons (Fsp3) is 0.600. The van der Waals surface area contributed by atoms with Crippen molar-refractivity contribution in [3.05, 3.63) is 29.8 Å². The molecule has 0 radical (unpaired) electrons. The van der Waals surface area contributed by atoms with Gasteiger partial charge in [-0.2, -0.15) is 0 Å². The third-order valence-electron chi connectivity index (χ3n) is 5.64. The third kappa shape index (κ3) is 3.80. The average molecular weight is 342 g/mol. The summed E-state index contributed by atoms with van der Waals surface area (Å²) in [6, 6.07) is 7.96. The van der Waals surface area contributed by atoms with Crippen LogP contribution in [-0.2, 0) is 4.79 Å². The molecule has 5 heteroatoms. The van der Waals surface area contributed by atoms with Gasteiger partial charge in [0.25, 0.3) is 0 Å². The standard InChI is InChI=1S/C20H30N4O/c1-4-20(3)11-13-24(14-20)19(21-5-2)22-12-10-16-15-8-6-7-9-17(15)23-18(16)25/h6-9,16H,4-5,10-14H2,1-3H3,(H,21,22)(H,23,25). The quantitative estimate of drug-likeness (QED) is 0.638. The average Bonchev–Trinajstić information content (AvgIpc) is 3.15. The minimum Gasteiger partial charge on any atom is -0.357 e. The Morgan fingerprint density at radius 3 is 2.92 bits per heavy atom. The van der Waals surface area contributed by atoms with E-state index in [0.717, 1.165) is 43.3 Å². The molecule has 1 aromatic rings. The highest BCUT2D eigenvalue weighted by atomic mass is 16.2. The molecule has 1 saturated heterocycles. The number of carbonyl (C=O) groups excluding carboxylic acids is 1. The third-order valence-corrected chi connectivity index (χ3v) is 5.64. The van der Waals surface area contributed by atoms with Crippen LogP contribution in [0.25, 0.3) is 0 Å². The van der Waals surface area contributed by atoms with Gasteiger partial charge in [0.15, 0.2) is 5.96 Å². The van der Waals surface area contributed by atoms with Gasteiger partial charge < -0.3 is 15.5 Å². The highest BCUT2D eigenvalue weighted by Crippen LogP contribution is 2.35. The number of hydrogen-bond donors (Lipinski definition) is 2. The number of anilines is 1. The van der Waals surface area contributed by atoms with Crippen LogP contribution >= 0.6 is 0 Å². The van der Waals surface area contributed by atoms with Crippen LogP contribution in [0, 0.1) is 5.41 Å². The molecule has 2 atom stereocenters. The highest BCUT2D eigenvalue weighted by Gasteiger charge is 2.34. The maximum atomic E-state index is 12.2. The number of likely N-dealkylation sites (tertiary alicyclic amines) is 1. The van der Waals surface area contributed by atoms with E-state index in [0.29, 0.717) is 12.0 Å². The number of hydrogen-bond acceptors (Lipinski definition) is 2. The molecule has 2 aliphatic rings. The number of amides is 1. The molecule has 0 spiro atoms. The van der Waals surface area contributed by atoms with Crippen molar-refractivity contribution in [2.45, 2.75) is 46.0 Å². The molecular formula is C20H30N4O.